The molecule has 0 spiro atoms. The molecular weight excluding hydrogens is 328 g/mol. The van der Waals surface area contributed by atoms with Crippen molar-refractivity contribution >= 4 is 18.3 Å². The molecule has 24 heavy (non-hydrogen) atoms. The molecule has 0 aromatic heterocycles. The van der Waals surface area contributed by atoms with Crippen molar-refractivity contribution in [1.29, 1.82) is 0 Å². The minimum Gasteiger partial charge on any atom is -0.497 e. The summed E-state index contributed by atoms with van der Waals surface area (Å²) in [5.41, 5.74) is 0.932. The minimum absolute atomic E-state index is 0. The second-order valence-electron chi connectivity index (χ2n) is 6.13. The van der Waals surface area contributed by atoms with Crippen LogP contribution >= 0.6 is 12.4 Å². The van der Waals surface area contributed by atoms with Crippen LogP contribution in [0.15, 0.2) is 18.2 Å². The molecule has 2 N–H and O–H groups in total. The number of carbonyl (C=O) groups is 1. The minimum atomic E-state index is -0.111. The Morgan fingerprint density at radius 1 is 1.29 bits per heavy atom. The normalized spacial score (nSPS) is 16.0. The molecule has 1 unspecified atom stereocenters. The Morgan fingerprint density at radius 2 is 2.00 bits per heavy atom. The molecule has 1 aliphatic heterocycles. The van der Waals surface area contributed by atoms with Gasteiger partial charge in [-0.05, 0) is 63.4 Å². The molecule has 1 aliphatic rings. The predicted molar refractivity (Wildman–Crippen MR) is 98.2 cm³/mol. The van der Waals surface area contributed by atoms with E-state index in [4.69, 9.17) is 9.47 Å². The molecular formula is C18H29ClN2O3. The zero-order chi connectivity index (χ0) is 16.7. The van der Waals surface area contributed by atoms with E-state index < -0.39 is 0 Å². The fraction of sp³-hybridized carbons (Fsp3) is 0.611. The van der Waals surface area contributed by atoms with Crippen molar-refractivity contribution in [3.05, 3.63) is 23.8 Å². The van der Waals surface area contributed by atoms with Gasteiger partial charge in [-0.15, -0.1) is 12.4 Å². The topological polar surface area (TPSA) is 59.6 Å². The predicted octanol–water partition coefficient (Wildman–Crippen LogP) is 3.08. The summed E-state index contributed by atoms with van der Waals surface area (Å²) >= 11 is 0. The smallest absolute Gasteiger partial charge is 0.220 e. The van der Waals surface area contributed by atoms with Gasteiger partial charge in [-0.2, -0.15) is 0 Å². The Morgan fingerprint density at radius 3 is 2.62 bits per heavy atom. The van der Waals surface area contributed by atoms with Crippen molar-refractivity contribution in [1.82, 2.24) is 10.6 Å². The van der Waals surface area contributed by atoms with Crippen LogP contribution in [-0.2, 0) is 4.79 Å². The lowest BCUT2D eigenvalue weighted by atomic mass is 9.93. The summed E-state index contributed by atoms with van der Waals surface area (Å²) in [4.78, 5) is 12.2. The first-order valence-electron chi connectivity index (χ1n) is 8.36. The number of benzene rings is 1. The van der Waals surface area contributed by atoms with Crippen molar-refractivity contribution < 1.29 is 14.3 Å². The summed E-state index contributed by atoms with van der Waals surface area (Å²) in [6.07, 6.45) is 3.90. The average molecular weight is 357 g/mol. The number of carbonyl (C=O) groups excluding carboxylic acids is 1. The number of ether oxygens (including phenoxy) is 2. The van der Waals surface area contributed by atoms with Crippen molar-refractivity contribution in [3.63, 3.8) is 0 Å². The van der Waals surface area contributed by atoms with Crippen LogP contribution in [0, 0.1) is 5.92 Å². The van der Waals surface area contributed by atoms with Crippen LogP contribution < -0.4 is 20.1 Å². The Hall–Kier alpha value is -1.46. The Labute approximate surface area is 150 Å². The lowest BCUT2D eigenvalue weighted by Gasteiger charge is -2.23. The Bertz CT molecular complexity index is 519. The SMILES string of the molecule is COc1ccc(OC)c(C(C)NC(=O)CCC2CCNCC2)c1.Cl. The number of nitrogens with one attached hydrogen (secondary N) is 2. The first-order valence-corrected chi connectivity index (χ1v) is 8.36. The third kappa shape index (κ3) is 5.87. The third-order valence-corrected chi connectivity index (χ3v) is 4.52. The van der Waals surface area contributed by atoms with E-state index in [9.17, 15) is 4.79 Å². The van der Waals surface area contributed by atoms with Crippen LogP contribution in [0.3, 0.4) is 0 Å². The quantitative estimate of drug-likeness (QED) is 0.788. The standard InChI is InChI=1S/C18H28N2O3.ClH/c1-13(16-12-15(22-2)5-6-17(16)23-3)20-18(21)7-4-14-8-10-19-11-9-14;/h5-6,12-14,19H,4,7-11H2,1-3H3,(H,20,21);1H. The summed E-state index contributed by atoms with van der Waals surface area (Å²) in [6, 6.07) is 5.52. The molecule has 0 radical (unpaired) electrons. The highest BCUT2D eigenvalue weighted by Crippen LogP contribution is 2.29. The molecule has 1 atom stereocenters. The first-order chi connectivity index (χ1) is 11.1. The van der Waals surface area contributed by atoms with Crippen molar-refractivity contribution in [3.8, 4) is 11.5 Å². The summed E-state index contributed by atoms with van der Waals surface area (Å²) in [5.74, 6) is 2.29. The molecule has 1 saturated heterocycles. The van der Waals surface area contributed by atoms with Gasteiger partial charge in [0.2, 0.25) is 5.91 Å². The summed E-state index contributed by atoms with van der Waals surface area (Å²) in [5, 5.41) is 6.42. The molecule has 1 amide bonds. The highest BCUT2D eigenvalue weighted by atomic mass is 35.5. The summed E-state index contributed by atoms with van der Waals surface area (Å²) in [7, 11) is 3.27. The lowest BCUT2D eigenvalue weighted by Crippen LogP contribution is -2.30. The average Bonchev–Trinajstić information content (AvgIpc) is 2.60. The van der Waals surface area contributed by atoms with Crippen molar-refractivity contribution in [2.75, 3.05) is 27.3 Å². The molecule has 1 heterocycles. The van der Waals surface area contributed by atoms with Gasteiger partial charge >= 0.3 is 0 Å². The molecule has 0 bridgehead atoms. The van der Waals surface area contributed by atoms with Crippen molar-refractivity contribution in [2.45, 2.75) is 38.6 Å². The second-order valence-corrected chi connectivity index (χ2v) is 6.13. The molecule has 1 aromatic carbocycles. The van der Waals surface area contributed by atoms with E-state index in [1.165, 1.54) is 12.8 Å². The maximum absolute atomic E-state index is 12.2. The van der Waals surface area contributed by atoms with E-state index in [0.29, 0.717) is 12.3 Å². The maximum Gasteiger partial charge on any atom is 0.220 e. The van der Waals surface area contributed by atoms with Crippen LogP contribution in [0.25, 0.3) is 0 Å². The summed E-state index contributed by atoms with van der Waals surface area (Å²) in [6.45, 7) is 4.12. The van der Waals surface area contributed by atoms with Gasteiger partial charge in [-0.3, -0.25) is 4.79 Å². The number of hydrogen-bond acceptors (Lipinski definition) is 4. The van der Waals surface area contributed by atoms with Crippen LogP contribution in [0.1, 0.15) is 44.2 Å². The molecule has 1 fully saturated rings. The number of hydrogen-bond donors (Lipinski definition) is 2. The molecule has 2 rings (SSSR count). The monoisotopic (exact) mass is 356 g/mol. The van der Waals surface area contributed by atoms with E-state index in [0.717, 1.165) is 36.6 Å². The van der Waals surface area contributed by atoms with Gasteiger partial charge in [0.25, 0.3) is 0 Å². The van der Waals surface area contributed by atoms with E-state index in [1.807, 2.05) is 25.1 Å². The van der Waals surface area contributed by atoms with Gasteiger partial charge in [0, 0.05) is 12.0 Å². The highest BCUT2D eigenvalue weighted by molar-refractivity contribution is 5.85. The van der Waals surface area contributed by atoms with Crippen molar-refractivity contribution in [2.24, 2.45) is 5.92 Å². The Balaban J connectivity index is 0.00000288. The zero-order valence-corrected chi connectivity index (χ0v) is 15.6. The van der Waals surface area contributed by atoms with E-state index in [2.05, 4.69) is 10.6 Å². The number of amides is 1. The first kappa shape index (κ1) is 20.6. The van der Waals surface area contributed by atoms with Gasteiger partial charge < -0.3 is 20.1 Å². The molecule has 0 saturated carbocycles. The van der Waals surface area contributed by atoms with Gasteiger partial charge in [0.05, 0.1) is 20.3 Å². The second kappa shape index (κ2) is 10.4. The molecule has 1 aromatic rings. The van der Waals surface area contributed by atoms with Crippen LogP contribution in [0.5, 0.6) is 11.5 Å². The van der Waals surface area contributed by atoms with Crippen LogP contribution in [0.4, 0.5) is 0 Å². The van der Waals surface area contributed by atoms with Gasteiger partial charge in [-0.1, -0.05) is 0 Å². The largest absolute Gasteiger partial charge is 0.497 e. The zero-order valence-electron chi connectivity index (χ0n) is 14.8. The Kier molecular flexibility index (Phi) is 8.93. The fourth-order valence-corrected chi connectivity index (χ4v) is 3.07. The summed E-state index contributed by atoms with van der Waals surface area (Å²) < 4.78 is 10.7. The fourth-order valence-electron chi connectivity index (χ4n) is 3.07. The van der Waals surface area contributed by atoms with E-state index >= 15 is 0 Å². The number of piperidine rings is 1. The highest BCUT2D eigenvalue weighted by Gasteiger charge is 2.18. The van der Waals surface area contributed by atoms with Gasteiger partial charge in [0.15, 0.2) is 0 Å². The number of rotatable bonds is 7. The van der Waals surface area contributed by atoms with Gasteiger partial charge in [-0.25, -0.2) is 0 Å². The van der Waals surface area contributed by atoms with E-state index in [-0.39, 0.29) is 24.4 Å². The van der Waals surface area contributed by atoms with Gasteiger partial charge in [0.1, 0.15) is 11.5 Å². The lowest BCUT2D eigenvalue weighted by molar-refractivity contribution is -0.122. The maximum atomic E-state index is 12.2. The van der Waals surface area contributed by atoms with Crippen LogP contribution in [0.2, 0.25) is 0 Å². The number of methoxy groups -OCH3 is 2. The number of halogens is 1. The third-order valence-electron chi connectivity index (χ3n) is 4.52. The van der Waals surface area contributed by atoms with E-state index in [1.54, 1.807) is 14.2 Å². The molecule has 6 heteroatoms. The van der Waals surface area contributed by atoms with Crippen LogP contribution in [-0.4, -0.2) is 33.2 Å². The molecule has 136 valence electrons. The molecule has 5 nitrogen and oxygen atoms in total. The molecule has 0 aliphatic carbocycles.